The van der Waals surface area contributed by atoms with Crippen LogP contribution < -0.4 is 0 Å². The molecule has 0 saturated heterocycles. The molecular formula is C13H20O3S. The number of ether oxygens (including phenoxy) is 1. The zero-order valence-corrected chi connectivity index (χ0v) is 11.2. The number of carbonyl (C=O) groups is 2. The van der Waals surface area contributed by atoms with E-state index in [2.05, 4.69) is 0 Å². The van der Waals surface area contributed by atoms with Crippen LogP contribution in [0.15, 0.2) is 0 Å². The number of thioether (sulfide) groups is 1. The third-order valence-corrected chi connectivity index (χ3v) is 5.47. The maximum absolute atomic E-state index is 11.7. The van der Waals surface area contributed by atoms with Crippen LogP contribution in [0.2, 0.25) is 0 Å². The van der Waals surface area contributed by atoms with Gasteiger partial charge in [-0.3, -0.25) is 9.59 Å². The fraction of sp³-hybridized carbons (Fsp3) is 0.846. The van der Waals surface area contributed by atoms with Gasteiger partial charge in [0.15, 0.2) is 0 Å². The smallest absolute Gasteiger partial charge is 0.306 e. The Morgan fingerprint density at radius 3 is 2.82 bits per heavy atom. The van der Waals surface area contributed by atoms with Crippen molar-refractivity contribution in [1.29, 1.82) is 0 Å². The molecule has 0 bridgehead atoms. The second-order valence-corrected chi connectivity index (χ2v) is 6.46. The lowest BCUT2D eigenvalue weighted by atomic mass is 9.99. The molecule has 17 heavy (non-hydrogen) atoms. The van der Waals surface area contributed by atoms with Crippen LogP contribution in [0.3, 0.4) is 0 Å². The topological polar surface area (TPSA) is 43.4 Å². The van der Waals surface area contributed by atoms with Gasteiger partial charge in [0.25, 0.3) is 0 Å². The van der Waals surface area contributed by atoms with E-state index in [1.54, 1.807) is 11.8 Å². The van der Waals surface area contributed by atoms with Crippen molar-refractivity contribution < 1.29 is 14.3 Å². The highest BCUT2D eigenvalue weighted by molar-refractivity contribution is 8.00. The van der Waals surface area contributed by atoms with Crippen LogP contribution in [0.25, 0.3) is 0 Å². The summed E-state index contributed by atoms with van der Waals surface area (Å²) in [5.74, 6) is 1.24. The van der Waals surface area contributed by atoms with Crippen molar-refractivity contribution in [2.45, 2.75) is 50.2 Å². The van der Waals surface area contributed by atoms with E-state index in [0.29, 0.717) is 12.2 Å². The summed E-state index contributed by atoms with van der Waals surface area (Å²) in [5, 5.41) is 0.193. The Kier molecular flexibility index (Phi) is 4.13. The van der Waals surface area contributed by atoms with Crippen molar-refractivity contribution in [3.8, 4) is 0 Å². The van der Waals surface area contributed by atoms with Crippen molar-refractivity contribution in [1.82, 2.24) is 0 Å². The number of Topliss-reactive ketones (excluding diaryl/α,β-unsaturated/α-hetero) is 1. The Balaban J connectivity index is 1.77. The molecule has 0 heterocycles. The normalized spacial score (nSPS) is 26.6. The van der Waals surface area contributed by atoms with Crippen LogP contribution in [-0.2, 0) is 14.3 Å². The van der Waals surface area contributed by atoms with E-state index in [0.717, 1.165) is 37.9 Å². The fourth-order valence-corrected chi connectivity index (χ4v) is 3.91. The van der Waals surface area contributed by atoms with Gasteiger partial charge in [0, 0.05) is 12.2 Å². The van der Waals surface area contributed by atoms with E-state index in [-0.39, 0.29) is 16.6 Å². The fourth-order valence-electron chi connectivity index (χ4n) is 2.33. The summed E-state index contributed by atoms with van der Waals surface area (Å²) in [6, 6.07) is 0. The average molecular weight is 256 g/mol. The molecular weight excluding hydrogens is 236 g/mol. The third kappa shape index (κ3) is 3.47. The first-order valence-electron chi connectivity index (χ1n) is 6.36. The number of hydrogen-bond donors (Lipinski definition) is 0. The minimum Gasteiger partial charge on any atom is -0.469 e. The van der Waals surface area contributed by atoms with Gasteiger partial charge < -0.3 is 4.74 Å². The molecule has 0 spiro atoms. The van der Waals surface area contributed by atoms with Crippen LogP contribution in [0.4, 0.5) is 0 Å². The maximum Gasteiger partial charge on any atom is 0.306 e. The van der Waals surface area contributed by atoms with Crippen LogP contribution in [0.1, 0.15) is 44.9 Å². The summed E-state index contributed by atoms with van der Waals surface area (Å²) in [6.45, 7) is 0. The van der Waals surface area contributed by atoms with Crippen molar-refractivity contribution in [3.05, 3.63) is 0 Å². The Morgan fingerprint density at radius 1 is 1.47 bits per heavy atom. The molecule has 0 radical (unpaired) electrons. The Hall–Kier alpha value is -0.510. The zero-order valence-electron chi connectivity index (χ0n) is 10.4. The van der Waals surface area contributed by atoms with Gasteiger partial charge in [-0.25, -0.2) is 0 Å². The highest BCUT2D eigenvalue weighted by Crippen LogP contribution is 2.52. The molecule has 2 saturated carbocycles. The summed E-state index contributed by atoms with van der Waals surface area (Å²) in [4.78, 5) is 23.0. The lowest BCUT2D eigenvalue weighted by Gasteiger charge is -2.22. The number of rotatable bonds is 5. The molecule has 3 nitrogen and oxygen atoms in total. The summed E-state index contributed by atoms with van der Waals surface area (Å²) in [6.07, 6.45) is 6.75. The number of methoxy groups -OCH3 is 1. The summed E-state index contributed by atoms with van der Waals surface area (Å²) < 4.78 is 4.72. The lowest BCUT2D eigenvalue weighted by molar-refractivity contribution is -0.141. The molecule has 0 amide bonds. The first-order valence-corrected chi connectivity index (χ1v) is 7.41. The molecule has 2 aliphatic carbocycles. The zero-order chi connectivity index (χ0) is 12.3. The average Bonchev–Trinajstić information content (AvgIpc) is 3.08. The second kappa shape index (κ2) is 5.42. The van der Waals surface area contributed by atoms with Gasteiger partial charge in [-0.2, -0.15) is 11.8 Å². The van der Waals surface area contributed by atoms with E-state index in [1.165, 1.54) is 13.5 Å². The maximum atomic E-state index is 11.7. The highest BCUT2D eigenvalue weighted by Gasteiger charge is 2.45. The second-order valence-electron chi connectivity index (χ2n) is 5.26. The van der Waals surface area contributed by atoms with Gasteiger partial charge >= 0.3 is 5.97 Å². The highest BCUT2D eigenvalue weighted by atomic mass is 32.2. The molecule has 1 atom stereocenters. The molecule has 2 rings (SSSR count). The molecule has 0 N–H and O–H groups in total. The molecule has 4 heteroatoms. The molecule has 96 valence electrons. The van der Waals surface area contributed by atoms with Crippen LogP contribution >= 0.6 is 11.8 Å². The van der Waals surface area contributed by atoms with Gasteiger partial charge in [-0.1, -0.05) is 6.42 Å². The minimum atomic E-state index is -0.113. The lowest BCUT2D eigenvalue weighted by Crippen LogP contribution is -2.23. The van der Waals surface area contributed by atoms with E-state index in [1.807, 2.05) is 0 Å². The van der Waals surface area contributed by atoms with Crippen LogP contribution in [0.5, 0.6) is 0 Å². The molecule has 0 aliphatic heterocycles. The summed E-state index contributed by atoms with van der Waals surface area (Å²) >= 11 is 1.77. The number of hydrogen-bond acceptors (Lipinski definition) is 4. The van der Waals surface area contributed by atoms with Gasteiger partial charge in [0.1, 0.15) is 5.78 Å². The molecule has 1 unspecified atom stereocenters. The van der Waals surface area contributed by atoms with Gasteiger partial charge in [0.05, 0.1) is 18.8 Å². The molecule has 0 aromatic heterocycles. The molecule has 0 aromatic carbocycles. The van der Waals surface area contributed by atoms with Gasteiger partial charge in [0.2, 0.25) is 0 Å². The number of carbonyl (C=O) groups excluding carboxylic acids is 2. The largest absolute Gasteiger partial charge is 0.469 e. The van der Waals surface area contributed by atoms with Gasteiger partial charge in [-0.15, -0.1) is 0 Å². The van der Waals surface area contributed by atoms with Crippen LogP contribution in [-0.4, -0.2) is 29.9 Å². The van der Waals surface area contributed by atoms with Crippen molar-refractivity contribution in [3.63, 3.8) is 0 Å². The summed E-state index contributed by atoms with van der Waals surface area (Å²) in [7, 11) is 1.44. The SMILES string of the molecule is COC(=O)CC1(CSC2CCCCC2=O)CC1. The Morgan fingerprint density at radius 2 is 2.24 bits per heavy atom. The quantitative estimate of drug-likeness (QED) is 0.709. The molecule has 0 aromatic rings. The van der Waals surface area contributed by atoms with E-state index >= 15 is 0 Å². The first kappa shape index (κ1) is 12.9. The third-order valence-electron chi connectivity index (χ3n) is 3.79. The summed E-state index contributed by atoms with van der Waals surface area (Å²) in [5.41, 5.74) is 0.148. The van der Waals surface area contributed by atoms with Gasteiger partial charge in [-0.05, 0) is 31.1 Å². The predicted octanol–water partition coefficient (Wildman–Crippen LogP) is 2.57. The number of ketones is 1. The van der Waals surface area contributed by atoms with E-state index < -0.39 is 0 Å². The molecule has 2 aliphatic rings. The molecule has 2 fully saturated rings. The minimum absolute atomic E-state index is 0.113. The Bertz CT molecular complexity index is 310. The van der Waals surface area contributed by atoms with E-state index in [4.69, 9.17) is 4.74 Å². The van der Waals surface area contributed by atoms with Crippen LogP contribution in [0, 0.1) is 5.41 Å². The first-order chi connectivity index (χ1) is 8.15. The van der Waals surface area contributed by atoms with Crippen molar-refractivity contribution in [2.75, 3.05) is 12.9 Å². The van der Waals surface area contributed by atoms with Crippen molar-refractivity contribution in [2.24, 2.45) is 5.41 Å². The number of esters is 1. The Labute approximate surface area is 107 Å². The monoisotopic (exact) mass is 256 g/mol. The van der Waals surface area contributed by atoms with E-state index in [9.17, 15) is 9.59 Å². The van der Waals surface area contributed by atoms with Crippen molar-refractivity contribution >= 4 is 23.5 Å². The predicted molar refractivity (Wildman–Crippen MR) is 68.0 cm³/mol. The standard InChI is InChI=1S/C13H20O3S/c1-16-12(15)8-13(6-7-13)9-17-11-5-3-2-4-10(11)14/h11H,2-9H2,1H3.